The van der Waals surface area contributed by atoms with Gasteiger partial charge in [-0.25, -0.2) is 4.79 Å². The SMILES string of the molecule is CCOc1ccc(Oc2ccc(NC(=O)CN3C(=O)N[C@](C)(c4ccc5c(c4)CCC5)C3=O)cc2)cc1. The van der Waals surface area contributed by atoms with Crippen molar-refractivity contribution in [3.05, 3.63) is 83.4 Å². The Kier molecular flexibility index (Phi) is 6.56. The van der Waals surface area contributed by atoms with Crippen molar-refractivity contribution in [2.24, 2.45) is 0 Å². The first-order valence-corrected chi connectivity index (χ1v) is 12.4. The number of imide groups is 1. The summed E-state index contributed by atoms with van der Waals surface area (Å²) in [5, 5.41) is 5.52. The Morgan fingerprint density at radius 1 is 0.946 bits per heavy atom. The molecule has 3 aromatic carbocycles. The molecule has 8 heteroatoms. The Labute approximate surface area is 215 Å². The molecule has 3 aromatic rings. The lowest BCUT2D eigenvalue weighted by molar-refractivity contribution is -0.133. The molecule has 1 aliphatic heterocycles. The van der Waals surface area contributed by atoms with Crippen molar-refractivity contribution >= 4 is 23.5 Å². The Morgan fingerprint density at radius 2 is 1.59 bits per heavy atom. The van der Waals surface area contributed by atoms with Gasteiger partial charge in [-0.05, 0) is 98.3 Å². The van der Waals surface area contributed by atoms with Crippen LogP contribution in [-0.2, 0) is 28.0 Å². The fourth-order valence-electron chi connectivity index (χ4n) is 4.78. The van der Waals surface area contributed by atoms with Crippen molar-refractivity contribution in [3.63, 3.8) is 0 Å². The predicted octanol–water partition coefficient (Wildman–Crippen LogP) is 4.77. The van der Waals surface area contributed by atoms with Crippen molar-refractivity contribution in [2.45, 2.75) is 38.6 Å². The van der Waals surface area contributed by atoms with Crippen molar-refractivity contribution < 1.29 is 23.9 Å². The van der Waals surface area contributed by atoms with Gasteiger partial charge >= 0.3 is 6.03 Å². The maximum atomic E-state index is 13.2. The number of amides is 4. The number of urea groups is 1. The molecule has 1 aliphatic carbocycles. The van der Waals surface area contributed by atoms with E-state index < -0.39 is 23.4 Å². The van der Waals surface area contributed by atoms with Crippen LogP contribution in [0.1, 0.15) is 37.0 Å². The van der Waals surface area contributed by atoms with Crippen LogP contribution in [0.25, 0.3) is 0 Å². The van der Waals surface area contributed by atoms with Gasteiger partial charge in [0, 0.05) is 5.69 Å². The summed E-state index contributed by atoms with van der Waals surface area (Å²) in [7, 11) is 0. The number of hydrogen-bond donors (Lipinski definition) is 2. The highest BCUT2D eigenvalue weighted by atomic mass is 16.5. The van der Waals surface area contributed by atoms with Gasteiger partial charge in [-0.1, -0.05) is 18.2 Å². The molecule has 1 heterocycles. The third-order valence-electron chi connectivity index (χ3n) is 6.76. The molecule has 5 rings (SSSR count). The molecule has 0 aromatic heterocycles. The average molecular weight is 500 g/mol. The van der Waals surface area contributed by atoms with Gasteiger partial charge in [-0.2, -0.15) is 0 Å². The van der Waals surface area contributed by atoms with Gasteiger partial charge in [0.2, 0.25) is 5.91 Å². The number of carbonyl (C=O) groups is 3. The third-order valence-corrected chi connectivity index (χ3v) is 6.76. The van der Waals surface area contributed by atoms with E-state index in [4.69, 9.17) is 9.47 Å². The van der Waals surface area contributed by atoms with E-state index in [0.717, 1.165) is 35.5 Å². The second kappa shape index (κ2) is 9.97. The van der Waals surface area contributed by atoms with Crippen LogP contribution in [0.4, 0.5) is 10.5 Å². The van der Waals surface area contributed by atoms with E-state index >= 15 is 0 Å². The molecule has 4 amide bonds. The Morgan fingerprint density at radius 3 is 2.30 bits per heavy atom. The van der Waals surface area contributed by atoms with Gasteiger partial charge in [0.15, 0.2) is 0 Å². The van der Waals surface area contributed by atoms with Crippen molar-refractivity contribution in [1.29, 1.82) is 0 Å². The number of hydrogen-bond acceptors (Lipinski definition) is 5. The molecule has 0 spiro atoms. The van der Waals surface area contributed by atoms with E-state index in [0.29, 0.717) is 23.8 Å². The van der Waals surface area contributed by atoms with E-state index in [1.807, 2.05) is 49.4 Å². The molecule has 37 heavy (non-hydrogen) atoms. The molecule has 0 bridgehead atoms. The number of nitrogens with zero attached hydrogens (tertiary/aromatic N) is 1. The normalized spacial score (nSPS) is 18.4. The minimum atomic E-state index is -1.20. The minimum absolute atomic E-state index is 0.379. The average Bonchev–Trinajstić information content (AvgIpc) is 3.45. The number of aryl methyl sites for hydroxylation is 2. The summed E-state index contributed by atoms with van der Waals surface area (Å²) in [4.78, 5) is 39.6. The number of nitrogens with one attached hydrogen (secondary N) is 2. The molecule has 0 unspecified atom stereocenters. The molecular formula is C29H29N3O5. The molecule has 1 fully saturated rings. The number of fused-ring (bicyclic) bond motifs is 1. The second-order valence-corrected chi connectivity index (χ2v) is 9.36. The number of anilines is 1. The van der Waals surface area contributed by atoms with Gasteiger partial charge in [0.05, 0.1) is 6.61 Å². The highest BCUT2D eigenvalue weighted by Crippen LogP contribution is 2.32. The van der Waals surface area contributed by atoms with Gasteiger partial charge < -0.3 is 20.1 Å². The number of benzene rings is 3. The van der Waals surface area contributed by atoms with Crippen LogP contribution < -0.4 is 20.1 Å². The fourth-order valence-corrected chi connectivity index (χ4v) is 4.78. The molecule has 0 saturated carbocycles. The molecule has 2 N–H and O–H groups in total. The number of carbonyl (C=O) groups excluding carboxylic acids is 3. The molecule has 190 valence electrons. The van der Waals surface area contributed by atoms with Crippen LogP contribution >= 0.6 is 0 Å². The zero-order chi connectivity index (χ0) is 26.0. The summed E-state index contributed by atoms with van der Waals surface area (Å²) in [6.07, 6.45) is 3.10. The minimum Gasteiger partial charge on any atom is -0.494 e. The van der Waals surface area contributed by atoms with Crippen molar-refractivity contribution in [3.8, 4) is 17.2 Å². The van der Waals surface area contributed by atoms with E-state index in [-0.39, 0.29) is 6.54 Å². The highest BCUT2D eigenvalue weighted by molar-refractivity contribution is 6.10. The molecule has 0 radical (unpaired) electrons. The highest BCUT2D eigenvalue weighted by Gasteiger charge is 2.49. The summed E-state index contributed by atoms with van der Waals surface area (Å²) in [5.74, 6) is 1.11. The maximum Gasteiger partial charge on any atom is 0.325 e. The molecule has 1 atom stereocenters. The Balaban J connectivity index is 1.19. The topological polar surface area (TPSA) is 97.0 Å². The summed E-state index contributed by atoms with van der Waals surface area (Å²) < 4.78 is 11.3. The van der Waals surface area contributed by atoms with E-state index in [2.05, 4.69) is 10.6 Å². The zero-order valence-electron chi connectivity index (χ0n) is 20.9. The van der Waals surface area contributed by atoms with Crippen LogP contribution in [0.5, 0.6) is 17.2 Å². The van der Waals surface area contributed by atoms with Gasteiger partial charge in [0.1, 0.15) is 29.3 Å². The molecule has 8 nitrogen and oxygen atoms in total. The summed E-state index contributed by atoms with van der Waals surface area (Å²) in [5.41, 5.74) is 2.56. The Bertz CT molecular complexity index is 1340. The molecule has 2 aliphatic rings. The van der Waals surface area contributed by atoms with Crippen LogP contribution in [-0.4, -0.2) is 35.9 Å². The summed E-state index contributed by atoms with van der Waals surface area (Å²) in [6.45, 7) is 3.83. The van der Waals surface area contributed by atoms with Gasteiger partial charge in [-0.15, -0.1) is 0 Å². The summed E-state index contributed by atoms with van der Waals surface area (Å²) >= 11 is 0. The smallest absolute Gasteiger partial charge is 0.325 e. The van der Waals surface area contributed by atoms with Crippen molar-refractivity contribution in [1.82, 2.24) is 10.2 Å². The largest absolute Gasteiger partial charge is 0.494 e. The van der Waals surface area contributed by atoms with E-state index in [1.54, 1.807) is 31.2 Å². The van der Waals surface area contributed by atoms with Crippen LogP contribution in [0.3, 0.4) is 0 Å². The zero-order valence-corrected chi connectivity index (χ0v) is 20.9. The monoisotopic (exact) mass is 499 g/mol. The number of ether oxygens (including phenoxy) is 2. The first-order chi connectivity index (χ1) is 17.9. The third kappa shape index (κ3) is 5.00. The number of rotatable bonds is 8. The summed E-state index contributed by atoms with van der Waals surface area (Å²) in [6, 6.07) is 19.5. The van der Waals surface area contributed by atoms with Gasteiger partial charge in [-0.3, -0.25) is 14.5 Å². The first kappa shape index (κ1) is 24.4. The Hall–Kier alpha value is -4.33. The van der Waals surface area contributed by atoms with Crippen LogP contribution in [0.2, 0.25) is 0 Å². The first-order valence-electron chi connectivity index (χ1n) is 12.4. The lowest BCUT2D eigenvalue weighted by Gasteiger charge is -2.23. The van der Waals surface area contributed by atoms with Crippen LogP contribution in [0, 0.1) is 0 Å². The quantitative estimate of drug-likeness (QED) is 0.435. The van der Waals surface area contributed by atoms with E-state index in [1.165, 1.54) is 11.1 Å². The molecular weight excluding hydrogens is 470 g/mol. The lowest BCUT2D eigenvalue weighted by atomic mass is 9.89. The predicted molar refractivity (Wildman–Crippen MR) is 139 cm³/mol. The van der Waals surface area contributed by atoms with E-state index in [9.17, 15) is 14.4 Å². The lowest BCUT2D eigenvalue weighted by Crippen LogP contribution is -2.42. The fraction of sp³-hybridized carbons (Fsp3) is 0.276. The van der Waals surface area contributed by atoms with Crippen molar-refractivity contribution in [2.75, 3.05) is 18.5 Å². The van der Waals surface area contributed by atoms with Gasteiger partial charge in [0.25, 0.3) is 5.91 Å². The molecule has 1 saturated heterocycles. The second-order valence-electron chi connectivity index (χ2n) is 9.36. The standard InChI is InChI=1S/C29H29N3O5/c1-3-36-23-13-15-25(16-14-23)37-24-11-9-22(10-12-24)30-26(33)18-32-27(34)29(2,31-28(32)35)21-8-7-19-5-4-6-20(19)17-21/h7-17H,3-6,18H2,1-2H3,(H,30,33)(H,31,35)/t29-/m1/s1. The maximum absolute atomic E-state index is 13.2. The van der Waals surface area contributed by atoms with Crippen LogP contribution in [0.15, 0.2) is 66.7 Å².